The number of anilines is 1. The number of rotatable bonds is 4. The summed E-state index contributed by atoms with van der Waals surface area (Å²) in [6, 6.07) is 13.9. The lowest BCUT2D eigenvalue weighted by atomic mass is 10.1. The molecule has 0 saturated carbocycles. The van der Waals surface area contributed by atoms with Crippen LogP contribution in [0.15, 0.2) is 53.5 Å². The van der Waals surface area contributed by atoms with Crippen LogP contribution in [0.3, 0.4) is 0 Å². The number of para-hydroxylation sites is 1. The molecule has 6 heteroatoms. The molecule has 1 aromatic carbocycles. The Kier molecular flexibility index (Phi) is 4.78. The Morgan fingerprint density at radius 1 is 1.32 bits per heavy atom. The Morgan fingerprint density at radius 2 is 2.08 bits per heavy atom. The van der Waals surface area contributed by atoms with Crippen LogP contribution in [0.1, 0.15) is 17.0 Å². The third-order valence-corrected chi connectivity index (χ3v) is 4.49. The van der Waals surface area contributed by atoms with Crippen LogP contribution in [0.5, 0.6) is 0 Å². The number of carbonyl (C=O) groups is 1. The highest BCUT2D eigenvalue weighted by Crippen LogP contribution is 2.23. The number of hydrogen-bond acceptors (Lipinski definition) is 4. The van der Waals surface area contributed by atoms with E-state index in [1.807, 2.05) is 56.3 Å². The molecule has 0 bridgehead atoms. The normalized spacial score (nSPS) is 11.2. The van der Waals surface area contributed by atoms with E-state index in [1.165, 1.54) is 11.3 Å². The SMILES string of the molecule is Cc1cc(/C=C(/C#N)C(=O)Nc2nccs2)c(C)n1-c1ccccc1. The molecule has 1 N–H and O–H groups in total. The van der Waals surface area contributed by atoms with Gasteiger partial charge in [-0.15, -0.1) is 11.3 Å². The minimum absolute atomic E-state index is 0.0449. The van der Waals surface area contributed by atoms with Crippen molar-refractivity contribution in [1.82, 2.24) is 9.55 Å². The first-order valence-electron chi connectivity index (χ1n) is 7.67. The average Bonchev–Trinajstić information content (AvgIpc) is 3.21. The molecular weight excluding hydrogens is 332 g/mol. The molecule has 0 fully saturated rings. The van der Waals surface area contributed by atoms with Crippen molar-refractivity contribution in [3.05, 3.63) is 70.5 Å². The van der Waals surface area contributed by atoms with E-state index >= 15 is 0 Å². The predicted octanol–water partition coefficient (Wildman–Crippen LogP) is 4.10. The van der Waals surface area contributed by atoms with Crippen molar-refractivity contribution >= 4 is 28.5 Å². The zero-order valence-corrected chi connectivity index (χ0v) is 14.7. The summed E-state index contributed by atoms with van der Waals surface area (Å²) in [6.45, 7) is 3.97. The minimum atomic E-state index is -0.457. The number of carbonyl (C=O) groups excluding carboxylic acids is 1. The lowest BCUT2D eigenvalue weighted by molar-refractivity contribution is -0.112. The zero-order valence-electron chi connectivity index (χ0n) is 13.9. The van der Waals surface area contributed by atoms with Gasteiger partial charge in [0, 0.05) is 28.7 Å². The van der Waals surface area contributed by atoms with Gasteiger partial charge in [0.1, 0.15) is 11.6 Å². The molecule has 5 nitrogen and oxygen atoms in total. The predicted molar refractivity (Wildman–Crippen MR) is 99.6 cm³/mol. The number of nitrogens with one attached hydrogen (secondary N) is 1. The zero-order chi connectivity index (χ0) is 17.8. The summed E-state index contributed by atoms with van der Waals surface area (Å²) in [5.41, 5.74) is 3.93. The van der Waals surface area contributed by atoms with Gasteiger partial charge in [-0.3, -0.25) is 10.1 Å². The third kappa shape index (κ3) is 3.52. The first-order valence-corrected chi connectivity index (χ1v) is 8.55. The van der Waals surface area contributed by atoms with E-state index in [9.17, 15) is 10.1 Å². The maximum Gasteiger partial charge on any atom is 0.268 e. The Balaban J connectivity index is 1.94. The van der Waals surface area contributed by atoms with Crippen LogP contribution in [0.25, 0.3) is 11.8 Å². The van der Waals surface area contributed by atoms with Crippen molar-refractivity contribution in [2.75, 3.05) is 5.32 Å². The highest BCUT2D eigenvalue weighted by atomic mass is 32.1. The van der Waals surface area contributed by atoms with E-state index in [2.05, 4.69) is 14.9 Å². The largest absolute Gasteiger partial charge is 0.318 e. The molecule has 2 aromatic heterocycles. The Labute approximate surface area is 149 Å². The molecule has 0 unspecified atom stereocenters. The fraction of sp³-hybridized carbons (Fsp3) is 0.105. The van der Waals surface area contributed by atoms with Gasteiger partial charge >= 0.3 is 0 Å². The summed E-state index contributed by atoms with van der Waals surface area (Å²) >= 11 is 1.31. The van der Waals surface area contributed by atoms with Crippen LogP contribution in [0, 0.1) is 25.2 Å². The van der Waals surface area contributed by atoms with Gasteiger partial charge in [0.25, 0.3) is 5.91 Å². The summed E-state index contributed by atoms with van der Waals surface area (Å²) in [7, 11) is 0. The smallest absolute Gasteiger partial charge is 0.268 e. The molecule has 1 amide bonds. The average molecular weight is 348 g/mol. The van der Waals surface area contributed by atoms with Gasteiger partial charge < -0.3 is 4.57 Å². The summed E-state index contributed by atoms with van der Waals surface area (Å²) < 4.78 is 2.10. The number of thiazole rings is 1. The number of amides is 1. The molecular formula is C19H16N4OS. The van der Waals surface area contributed by atoms with Crippen LogP contribution >= 0.6 is 11.3 Å². The van der Waals surface area contributed by atoms with Gasteiger partial charge in [-0.2, -0.15) is 5.26 Å². The summed E-state index contributed by atoms with van der Waals surface area (Å²) in [6.07, 6.45) is 3.22. The molecule has 0 aliphatic rings. The fourth-order valence-electron chi connectivity index (χ4n) is 2.66. The molecule has 0 saturated heterocycles. The lowest BCUT2D eigenvalue weighted by Crippen LogP contribution is -2.13. The topological polar surface area (TPSA) is 70.7 Å². The van der Waals surface area contributed by atoms with Crippen LogP contribution in [0.2, 0.25) is 0 Å². The molecule has 0 spiro atoms. The van der Waals surface area contributed by atoms with Crippen molar-refractivity contribution in [2.45, 2.75) is 13.8 Å². The molecule has 0 atom stereocenters. The minimum Gasteiger partial charge on any atom is -0.318 e. The van der Waals surface area contributed by atoms with E-state index in [4.69, 9.17) is 0 Å². The first-order chi connectivity index (χ1) is 12.1. The first kappa shape index (κ1) is 16.7. The number of nitriles is 1. The van der Waals surface area contributed by atoms with Crippen LogP contribution in [0.4, 0.5) is 5.13 Å². The number of benzene rings is 1. The maximum absolute atomic E-state index is 12.3. The quantitative estimate of drug-likeness (QED) is 0.570. The second-order valence-electron chi connectivity index (χ2n) is 5.46. The summed E-state index contributed by atoms with van der Waals surface area (Å²) in [5.74, 6) is -0.457. The Morgan fingerprint density at radius 3 is 2.72 bits per heavy atom. The van der Waals surface area contributed by atoms with Gasteiger partial charge in [0.2, 0.25) is 0 Å². The molecule has 3 aromatic rings. The lowest BCUT2D eigenvalue weighted by Gasteiger charge is -2.09. The van der Waals surface area contributed by atoms with Crippen LogP contribution in [-0.2, 0) is 4.79 Å². The van der Waals surface area contributed by atoms with Crippen molar-refractivity contribution in [1.29, 1.82) is 5.26 Å². The molecule has 25 heavy (non-hydrogen) atoms. The standard InChI is InChI=1S/C19H16N4OS/c1-13-10-15(14(2)23(13)17-6-4-3-5-7-17)11-16(12-20)18(24)22-19-21-8-9-25-19/h3-11H,1-2H3,(H,21,22,24)/b16-11-. The Hall–Kier alpha value is -3.17. The molecule has 0 aliphatic heterocycles. The second kappa shape index (κ2) is 7.16. The van der Waals surface area contributed by atoms with Crippen LogP contribution < -0.4 is 5.32 Å². The number of hydrogen-bond donors (Lipinski definition) is 1. The molecule has 3 rings (SSSR count). The Bertz CT molecular complexity index is 963. The second-order valence-corrected chi connectivity index (χ2v) is 6.35. The highest BCUT2D eigenvalue weighted by Gasteiger charge is 2.14. The maximum atomic E-state index is 12.3. The van der Waals surface area contributed by atoms with Gasteiger partial charge in [0.15, 0.2) is 5.13 Å². The van der Waals surface area contributed by atoms with Gasteiger partial charge in [0.05, 0.1) is 0 Å². The van der Waals surface area contributed by atoms with Crippen molar-refractivity contribution in [3.63, 3.8) is 0 Å². The number of aryl methyl sites for hydroxylation is 1. The van der Waals surface area contributed by atoms with Crippen molar-refractivity contribution in [2.24, 2.45) is 0 Å². The summed E-state index contributed by atoms with van der Waals surface area (Å²) in [4.78, 5) is 16.3. The van der Waals surface area contributed by atoms with Crippen molar-refractivity contribution in [3.8, 4) is 11.8 Å². The van der Waals surface area contributed by atoms with E-state index in [-0.39, 0.29) is 5.57 Å². The molecule has 2 heterocycles. The number of aromatic nitrogens is 2. The van der Waals surface area contributed by atoms with Crippen molar-refractivity contribution < 1.29 is 4.79 Å². The third-order valence-electron chi connectivity index (χ3n) is 3.80. The van der Waals surface area contributed by atoms with Gasteiger partial charge in [-0.1, -0.05) is 18.2 Å². The fourth-order valence-corrected chi connectivity index (χ4v) is 3.19. The highest BCUT2D eigenvalue weighted by molar-refractivity contribution is 7.13. The molecule has 124 valence electrons. The van der Waals surface area contributed by atoms with Gasteiger partial charge in [-0.05, 0) is 43.7 Å². The molecule has 0 aliphatic carbocycles. The van der Waals surface area contributed by atoms with E-state index in [0.717, 1.165) is 22.6 Å². The van der Waals surface area contributed by atoms with Gasteiger partial charge in [-0.25, -0.2) is 4.98 Å². The van der Waals surface area contributed by atoms with E-state index in [1.54, 1.807) is 17.7 Å². The summed E-state index contributed by atoms with van der Waals surface area (Å²) in [5, 5.41) is 14.2. The monoisotopic (exact) mass is 348 g/mol. The number of nitrogens with zero attached hydrogens (tertiary/aromatic N) is 3. The van der Waals surface area contributed by atoms with E-state index in [0.29, 0.717) is 5.13 Å². The molecule has 0 radical (unpaired) electrons. The van der Waals surface area contributed by atoms with E-state index < -0.39 is 5.91 Å². The van der Waals surface area contributed by atoms with Crippen LogP contribution in [-0.4, -0.2) is 15.5 Å².